The van der Waals surface area contributed by atoms with Crippen LogP contribution in [0.5, 0.6) is 11.5 Å². The molecule has 4 aromatic carbocycles. The molecule has 6 atom stereocenters. The van der Waals surface area contributed by atoms with E-state index in [1.165, 1.54) is 11.0 Å². The van der Waals surface area contributed by atoms with Crippen LogP contribution in [0, 0.1) is 23.7 Å². The lowest BCUT2D eigenvalue weighted by Crippen LogP contribution is -2.53. The molecule has 2 aliphatic heterocycles. The number of fused-ring (bicyclic) bond motifs is 4. The summed E-state index contributed by atoms with van der Waals surface area (Å²) >= 11 is 12.7. The highest BCUT2D eigenvalue weighted by atomic mass is 35.5. The maximum Gasteiger partial charge on any atom is 0.260 e. The number of phenols is 1. The lowest BCUT2D eigenvalue weighted by molar-refractivity contribution is -0.138. The Morgan fingerprint density at radius 3 is 2.24 bits per heavy atom. The Labute approximate surface area is 298 Å². The number of carbonyl (C=O) groups is 4. The van der Waals surface area contributed by atoms with Crippen molar-refractivity contribution in [2.24, 2.45) is 23.7 Å². The number of para-hydroxylation sites is 1. The van der Waals surface area contributed by atoms with Crippen LogP contribution in [-0.4, -0.2) is 40.9 Å². The zero-order valence-corrected chi connectivity index (χ0v) is 28.3. The number of halogens is 2. The standard InChI is InChI=1S/C39H31Cl2N3O6/c1-50-26-14-9-22(10-15-26)39-30(36(47)44(38(39)49)42-32-18-11-23(40)19-31(32)41)20-29-27(34(39)21-7-12-25(45)13-8-21)16-17-28-33(29)37(48)43(35(28)46)24-5-3-2-4-6-24/h2-16,18-19,28-30,33-34,42,45H,17,20H2,1H3. The number of imide groups is 2. The summed E-state index contributed by atoms with van der Waals surface area (Å²) in [5, 5.41) is 11.9. The number of rotatable bonds is 6. The van der Waals surface area contributed by atoms with Gasteiger partial charge in [-0.2, -0.15) is 5.01 Å². The Bertz CT molecular complexity index is 2090. The summed E-state index contributed by atoms with van der Waals surface area (Å²) in [5.41, 5.74) is 4.41. The van der Waals surface area contributed by atoms with E-state index in [4.69, 9.17) is 27.9 Å². The fourth-order valence-electron chi connectivity index (χ4n) is 8.72. The molecule has 9 nitrogen and oxygen atoms in total. The quantitative estimate of drug-likeness (QED) is 0.166. The van der Waals surface area contributed by atoms with Gasteiger partial charge in [-0.1, -0.05) is 77.3 Å². The second-order valence-corrected chi connectivity index (χ2v) is 14.0. The van der Waals surface area contributed by atoms with E-state index in [2.05, 4.69) is 5.43 Å². The molecule has 8 rings (SSSR count). The molecule has 4 aromatic rings. The molecule has 1 saturated carbocycles. The normalized spacial score (nSPS) is 27.1. The summed E-state index contributed by atoms with van der Waals surface area (Å²) < 4.78 is 5.45. The molecule has 2 heterocycles. The first-order chi connectivity index (χ1) is 24.1. The average Bonchev–Trinajstić information content (AvgIpc) is 3.51. The van der Waals surface area contributed by atoms with Crippen LogP contribution in [0.3, 0.4) is 0 Å². The van der Waals surface area contributed by atoms with Crippen molar-refractivity contribution in [1.29, 1.82) is 0 Å². The number of aromatic hydroxyl groups is 1. The number of ether oxygens (including phenoxy) is 1. The number of nitrogens with one attached hydrogen (secondary N) is 1. The molecular weight excluding hydrogens is 677 g/mol. The Balaban J connectivity index is 1.32. The minimum absolute atomic E-state index is 0.0402. The van der Waals surface area contributed by atoms with Crippen molar-refractivity contribution in [2.45, 2.75) is 24.2 Å². The predicted molar refractivity (Wildman–Crippen MR) is 188 cm³/mol. The number of anilines is 2. The Hall–Kier alpha value is -5.12. The van der Waals surface area contributed by atoms with Gasteiger partial charge in [0.25, 0.3) is 11.8 Å². The first-order valence-corrected chi connectivity index (χ1v) is 17.1. The Morgan fingerprint density at radius 2 is 1.56 bits per heavy atom. The summed E-state index contributed by atoms with van der Waals surface area (Å²) in [6.07, 6.45) is 2.44. The van der Waals surface area contributed by atoms with Gasteiger partial charge in [0.05, 0.1) is 46.7 Å². The molecule has 0 spiro atoms. The minimum Gasteiger partial charge on any atom is -0.508 e. The second kappa shape index (κ2) is 12.0. The van der Waals surface area contributed by atoms with Gasteiger partial charge in [-0.15, -0.1) is 0 Å². The topological polar surface area (TPSA) is 116 Å². The summed E-state index contributed by atoms with van der Waals surface area (Å²) in [7, 11) is 1.55. The molecule has 252 valence electrons. The molecule has 50 heavy (non-hydrogen) atoms. The van der Waals surface area contributed by atoms with E-state index in [0.29, 0.717) is 39.7 Å². The van der Waals surface area contributed by atoms with Gasteiger partial charge in [0.15, 0.2) is 0 Å². The molecule has 2 saturated heterocycles. The number of benzene rings is 4. The molecule has 2 N–H and O–H groups in total. The molecule has 4 aliphatic rings. The van der Waals surface area contributed by atoms with Crippen molar-refractivity contribution in [1.82, 2.24) is 5.01 Å². The monoisotopic (exact) mass is 707 g/mol. The number of carbonyl (C=O) groups excluding carboxylic acids is 4. The molecule has 0 radical (unpaired) electrons. The van der Waals surface area contributed by atoms with E-state index >= 15 is 4.79 Å². The fourth-order valence-corrected chi connectivity index (χ4v) is 9.17. The SMILES string of the molecule is COc1ccc(C23C(=O)N(Nc4ccc(Cl)cc4Cl)C(=O)C2CC2C(=CCC4C(=O)N(c5ccccc5)C(=O)C42)C3c2ccc(O)cc2)cc1. The molecule has 11 heteroatoms. The maximum absolute atomic E-state index is 15.3. The van der Waals surface area contributed by atoms with Gasteiger partial charge in [0, 0.05) is 10.9 Å². The first kappa shape index (κ1) is 32.1. The van der Waals surface area contributed by atoms with Gasteiger partial charge in [-0.25, -0.2) is 0 Å². The number of phenolic OH excluding ortho intramolecular Hbond substituents is 1. The van der Waals surface area contributed by atoms with E-state index in [1.54, 1.807) is 92.0 Å². The number of nitrogens with zero attached hydrogens (tertiary/aromatic N) is 2. The first-order valence-electron chi connectivity index (χ1n) is 16.3. The van der Waals surface area contributed by atoms with E-state index in [0.717, 1.165) is 10.6 Å². The van der Waals surface area contributed by atoms with Gasteiger partial charge in [-0.05, 0) is 84.5 Å². The van der Waals surface area contributed by atoms with E-state index < -0.39 is 46.8 Å². The molecule has 4 amide bonds. The van der Waals surface area contributed by atoms with Crippen molar-refractivity contribution in [2.75, 3.05) is 17.4 Å². The number of allylic oxidation sites excluding steroid dienone is 2. The summed E-state index contributed by atoms with van der Waals surface area (Å²) in [6.45, 7) is 0. The molecule has 6 unspecified atom stereocenters. The van der Waals surface area contributed by atoms with Crippen molar-refractivity contribution in [3.8, 4) is 11.5 Å². The van der Waals surface area contributed by atoms with Gasteiger partial charge >= 0.3 is 0 Å². The van der Waals surface area contributed by atoms with E-state index in [-0.39, 0.29) is 29.0 Å². The van der Waals surface area contributed by atoms with Gasteiger partial charge in [-0.3, -0.25) is 29.5 Å². The maximum atomic E-state index is 15.3. The van der Waals surface area contributed by atoms with Crippen LogP contribution in [0.2, 0.25) is 10.0 Å². The number of hydrazine groups is 1. The van der Waals surface area contributed by atoms with Crippen molar-refractivity contribution in [3.63, 3.8) is 0 Å². The lowest BCUT2D eigenvalue weighted by atomic mass is 9.49. The number of amides is 4. The number of hydrogen-bond acceptors (Lipinski definition) is 7. The number of methoxy groups -OCH3 is 1. The largest absolute Gasteiger partial charge is 0.508 e. The second-order valence-electron chi connectivity index (χ2n) is 13.2. The van der Waals surface area contributed by atoms with E-state index in [1.807, 2.05) is 12.1 Å². The van der Waals surface area contributed by atoms with Gasteiger partial charge in [0.1, 0.15) is 11.5 Å². The third kappa shape index (κ3) is 4.67. The number of hydrogen-bond donors (Lipinski definition) is 2. The fraction of sp³-hybridized carbons (Fsp3) is 0.231. The zero-order chi connectivity index (χ0) is 34.9. The van der Waals surface area contributed by atoms with Crippen molar-refractivity contribution >= 4 is 58.2 Å². The summed E-state index contributed by atoms with van der Waals surface area (Å²) in [6, 6.07) is 27.3. The Morgan fingerprint density at radius 1 is 0.840 bits per heavy atom. The van der Waals surface area contributed by atoms with Crippen LogP contribution >= 0.6 is 23.2 Å². The van der Waals surface area contributed by atoms with Crippen LogP contribution in [0.15, 0.2) is 109 Å². The van der Waals surface area contributed by atoms with Crippen LogP contribution in [0.4, 0.5) is 11.4 Å². The minimum atomic E-state index is -1.48. The van der Waals surface area contributed by atoms with Crippen LogP contribution in [-0.2, 0) is 24.6 Å². The molecule has 3 fully saturated rings. The third-order valence-electron chi connectivity index (χ3n) is 10.8. The van der Waals surface area contributed by atoms with Crippen molar-refractivity contribution < 1.29 is 29.0 Å². The highest BCUT2D eigenvalue weighted by molar-refractivity contribution is 6.36. The van der Waals surface area contributed by atoms with Gasteiger partial charge in [0.2, 0.25) is 11.8 Å². The highest BCUT2D eigenvalue weighted by Crippen LogP contribution is 2.64. The lowest BCUT2D eigenvalue weighted by Gasteiger charge is -2.50. The molecular formula is C39H31Cl2N3O6. The van der Waals surface area contributed by atoms with Crippen LogP contribution in [0.25, 0.3) is 0 Å². The van der Waals surface area contributed by atoms with E-state index in [9.17, 15) is 19.5 Å². The van der Waals surface area contributed by atoms with Crippen LogP contribution in [0.1, 0.15) is 29.9 Å². The third-order valence-corrected chi connectivity index (χ3v) is 11.4. The van der Waals surface area contributed by atoms with Gasteiger partial charge < -0.3 is 9.84 Å². The molecule has 0 aromatic heterocycles. The molecule has 2 aliphatic carbocycles. The zero-order valence-electron chi connectivity index (χ0n) is 26.8. The van der Waals surface area contributed by atoms with Crippen molar-refractivity contribution in [3.05, 3.63) is 130 Å². The Kier molecular flexibility index (Phi) is 7.73. The van der Waals surface area contributed by atoms with Crippen LogP contribution < -0.4 is 15.1 Å². The smallest absolute Gasteiger partial charge is 0.260 e. The average molecular weight is 709 g/mol. The summed E-state index contributed by atoms with van der Waals surface area (Å²) in [5.74, 6) is -4.51. The predicted octanol–water partition coefficient (Wildman–Crippen LogP) is 6.90. The molecule has 0 bridgehead atoms. The summed E-state index contributed by atoms with van der Waals surface area (Å²) in [4.78, 5) is 59.6. The highest BCUT2D eigenvalue weighted by Gasteiger charge is 2.70.